The number of hydrogen-bond acceptors (Lipinski definition) is 1. The van der Waals surface area contributed by atoms with E-state index in [1.54, 1.807) is 19.1 Å². The first-order chi connectivity index (χ1) is 8.97. The standard InChI is InChI=1S/C14H10BrFINO/c1-8-6-10(16)3-5-13(8)18-14(19)11-7-9(15)2-4-12(11)17/h2-7H,1H3,(H,18,19). The molecule has 0 aliphatic heterocycles. The van der Waals surface area contributed by atoms with Crippen molar-refractivity contribution in [2.75, 3.05) is 5.32 Å². The zero-order valence-corrected chi connectivity index (χ0v) is 13.7. The van der Waals surface area contributed by atoms with Crippen LogP contribution in [0.5, 0.6) is 0 Å². The summed E-state index contributed by atoms with van der Waals surface area (Å²) in [4.78, 5) is 12.2. The van der Waals surface area contributed by atoms with Gasteiger partial charge in [0.05, 0.1) is 5.56 Å². The lowest BCUT2D eigenvalue weighted by Crippen LogP contribution is -2.14. The van der Waals surface area contributed by atoms with Crippen LogP contribution in [0.15, 0.2) is 40.9 Å². The van der Waals surface area contributed by atoms with Gasteiger partial charge in [0.25, 0.3) is 5.91 Å². The maximum Gasteiger partial charge on any atom is 0.256 e. The van der Waals surface area contributed by atoms with E-state index in [-0.39, 0.29) is 11.7 Å². The van der Waals surface area contributed by atoms with Crippen LogP contribution in [0.2, 0.25) is 0 Å². The molecule has 2 aromatic carbocycles. The van der Waals surface area contributed by atoms with Crippen LogP contribution in [-0.2, 0) is 0 Å². The van der Waals surface area contributed by atoms with Crippen molar-refractivity contribution in [3.05, 3.63) is 61.4 Å². The van der Waals surface area contributed by atoms with Crippen LogP contribution >= 0.6 is 38.5 Å². The first-order valence-corrected chi connectivity index (χ1v) is 7.37. The van der Waals surface area contributed by atoms with Gasteiger partial charge in [-0.1, -0.05) is 15.9 Å². The summed E-state index contributed by atoms with van der Waals surface area (Å²) in [7, 11) is 0. The van der Waals surface area contributed by atoms with Crippen molar-refractivity contribution in [2.45, 2.75) is 6.92 Å². The van der Waals surface area contributed by atoms with E-state index >= 15 is 0 Å². The highest BCUT2D eigenvalue weighted by molar-refractivity contribution is 14.1. The second kappa shape index (κ2) is 6.00. The molecule has 0 unspecified atom stereocenters. The molecule has 0 radical (unpaired) electrons. The monoisotopic (exact) mass is 433 g/mol. The summed E-state index contributed by atoms with van der Waals surface area (Å²) in [6.45, 7) is 1.75. The molecule has 2 aromatic rings. The smallest absolute Gasteiger partial charge is 0.256 e. The molecule has 0 fully saturated rings. The fraction of sp³-hybridized carbons (Fsp3) is 0.0714. The molecule has 0 aromatic heterocycles. The van der Waals surface area contributed by atoms with Crippen LogP contribution in [0.4, 0.5) is 10.1 Å². The quantitative estimate of drug-likeness (QED) is 0.680. The first-order valence-electron chi connectivity index (χ1n) is 5.50. The molecule has 0 bridgehead atoms. The van der Waals surface area contributed by atoms with Crippen molar-refractivity contribution in [3.63, 3.8) is 0 Å². The maximum atomic E-state index is 13.0. The van der Waals surface area contributed by atoms with Gasteiger partial charge in [0, 0.05) is 13.7 Å². The third-order valence-electron chi connectivity index (χ3n) is 2.61. The highest BCUT2D eigenvalue weighted by Crippen LogP contribution is 2.21. The number of hydrogen-bond donors (Lipinski definition) is 1. The highest BCUT2D eigenvalue weighted by Gasteiger charge is 2.12. The number of aryl methyl sites for hydroxylation is 1. The van der Waals surface area contributed by atoms with Crippen molar-refractivity contribution in [1.29, 1.82) is 0 Å². The van der Waals surface area contributed by atoms with E-state index in [0.29, 0.717) is 16.8 Å². The normalized spacial score (nSPS) is 10.3. The van der Waals surface area contributed by atoms with Gasteiger partial charge in [0.2, 0.25) is 0 Å². The van der Waals surface area contributed by atoms with E-state index in [2.05, 4.69) is 43.8 Å². The van der Waals surface area contributed by atoms with E-state index < -0.39 is 0 Å². The number of rotatable bonds is 2. The summed E-state index contributed by atoms with van der Waals surface area (Å²) < 4.78 is 14.7. The van der Waals surface area contributed by atoms with E-state index in [9.17, 15) is 9.18 Å². The van der Waals surface area contributed by atoms with Gasteiger partial charge in [-0.2, -0.15) is 0 Å². The lowest BCUT2D eigenvalue weighted by atomic mass is 10.1. The molecule has 2 nitrogen and oxygen atoms in total. The summed E-state index contributed by atoms with van der Waals surface area (Å²) >= 11 is 5.45. The van der Waals surface area contributed by atoms with Gasteiger partial charge in [-0.05, 0) is 71.5 Å². The van der Waals surface area contributed by atoms with Crippen molar-refractivity contribution in [2.24, 2.45) is 0 Å². The summed E-state index contributed by atoms with van der Waals surface area (Å²) in [5, 5.41) is 2.79. The van der Waals surface area contributed by atoms with Gasteiger partial charge in [-0.15, -0.1) is 0 Å². The molecule has 0 heterocycles. The van der Waals surface area contributed by atoms with Crippen molar-refractivity contribution in [1.82, 2.24) is 0 Å². The Kier molecular flexibility index (Phi) is 4.57. The largest absolute Gasteiger partial charge is 0.322 e. The third kappa shape index (κ3) is 3.54. The number of carbonyl (C=O) groups is 1. The number of benzene rings is 2. The molecule has 19 heavy (non-hydrogen) atoms. The summed E-state index contributed by atoms with van der Waals surface area (Å²) in [5.41, 5.74) is 1.89. The predicted molar refractivity (Wildman–Crippen MR) is 85.9 cm³/mol. The molecule has 1 amide bonds. The van der Waals surface area contributed by atoms with Gasteiger partial charge in [0.15, 0.2) is 0 Å². The molecule has 0 aliphatic rings. The molecule has 5 heteroatoms. The van der Waals surface area contributed by atoms with Gasteiger partial charge < -0.3 is 5.32 Å². The van der Waals surface area contributed by atoms with Crippen LogP contribution in [0.1, 0.15) is 15.9 Å². The Balaban J connectivity index is 2.28. The number of anilines is 1. The van der Waals surface area contributed by atoms with E-state index in [1.165, 1.54) is 12.1 Å². The number of amides is 1. The molecule has 0 saturated heterocycles. The Morgan fingerprint density at radius 3 is 2.68 bits per heavy atom. The van der Waals surface area contributed by atoms with Gasteiger partial charge in [-0.3, -0.25) is 4.79 Å². The maximum absolute atomic E-state index is 13.0. The second-order valence-electron chi connectivity index (χ2n) is 4.04. The van der Waals surface area contributed by atoms with Gasteiger partial charge in [0.1, 0.15) is 5.82 Å². The molecule has 1 N–H and O–H groups in total. The number of nitrogens with one attached hydrogen (secondary N) is 1. The zero-order valence-electron chi connectivity index (χ0n) is 10.0. The average molecular weight is 434 g/mol. The van der Waals surface area contributed by atoms with E-state index in [0.717, 1.165) is 8.04 Å². The van der Waals surface area contributed by atoms with Crippen LogP contribution in [0, 0.1) is 16.3 Å². The Bertz CT molecular complexity index is 645. The summed E-state index contributed by atoms with van der Waals surface area (Å²) in [5.74, 6) is -0.520. The Morgan fingerprint density at radius 1 is 1.26 bits per heavy atom. The van der Waals surface area contributed by atoms with Gasteiger partial charge in [-0.25, -0.2) is 4.39 Å². The lowest BCUT2D eigenvalue weighted by molar-refractivity contribution is 0.102. The Hall–Kier alpha value is -0.950. The van der Waals surface area contributed by atoms with Crippen LogP contribution in [0.3, 0.4) is 0 Å². The zero-order chi connectivity index (χ0) is 14.0. The number of halogens is 3. The summed E-state index contributed by atoms with van der Waals surface area (Å²) in [6.07, 6.45) is 0. The second-order valence-corrected chi connectivity index (χ2v) is 6.12. The molecule has 0 aliphatic carbocycles. The molecular formula is C14H10BrFINO. The average Bonchev–Trinajstić information content (AvgIpc) is 2.35. The van der Waals surface area contributed by atoms with E-state index in [4.69, 9.17) is 0 Å². The van der Waals surface area contributed by atoms with Crippen LogP contribution < -0.4 is 5.32 Å². The molecular weight excluding hydrogens is 424 g/mol. The lowest BCUT2D eigenvalue weighted by Gasteiger charge is -2.10. The van der Waals surface area contributed by atoms with Crippen LogP contribution in [-0.4, -0.2) is 5.91 Å². The molecule has 0 atom stereocenters. The highest BCUT2D eigenvalue weighted by atomic mass is 127. The predicted octanol–water partition coefficient (Wildman–Crippen LogP) is 4.75. The molecule has 2 rings (SSSR count). The Labute approximate surface area is 132 Å². The van der Waals surface area contributed by atoms with E-state index in [1.807, 2.05) is 12.1 Å². The number of carbonyl (C=O) groups excluding carboxylic acids is 1. The fourth-order valence-electron chi connectivity index (χ4n) is 1.63. The van der Waals surface area contributed by atoms with Crippen molar-refractivity contribution in [3.8, 4) is 0 Å². The SMILES string of the molecule is Cc1cc(F)ccc1NC(=O)c1cc(Br)ccc1I. The topological polar surface area (TPSA) is 29.1 Å². The molecule has 98 valence electrons. The minimum atomic E-state index is -0.312. The van der Waals surface area contributed by atoms with Crippen molar-refractivity contribution < 1.29 is 9.18 Å². The summed E-state index contributed by atoms with van der Waals surface area (Å²) in [6, 6.07) is 9.78. The minimum Gasteiger partial charge on any atom is -0.322 e. The van der Waals surface area contributed by atoms with Gasteiger partial charge >= 0.3 is 0 Å². The molecule has 0 saturated carbocycles. The minimum absolute atomic E-state index is 0.208. The van der Waals surface area contributed by atoms with Crippen molar-refractivity contribution >= 4 is 50.1 Å². The molecule has 0 spiro atoms. The Morgan fingerprint density at radius 2 is 2.00 bits per heavy atom. The first kappa shape index (κ1) is 14.5. The third-order valence-corrected chi connectivity index (χ3v) is 4.04. The van der Waals surface area contributed by atoms with Crippen LogP contribution in [0.25, 0.3) is 0 Å². The fourth-order valence-corrected chi connectivity index (χ4v) is 2.57.